The summed E-state index contributed by atoms with van der Waals surface area (Å²) in [6.07, 6.45) is 0. The van der Waals surface area contributed by atoms with Crippen LogP contribution in [0.2, 0.25) is 0 Å². The van der Waals surface area contributed by atoms with E-state index in [1.54, 1.807) is 0 Å². The maximum Gasteiger partial charge on any atom is 0.195 e. The molecule has 0 fully saturated rings. The Labute approximate surface area is 375 Å². The van der Waals surface area contributed by atoms with Gasteiger partial charge in [0.1, 0.15) is 0 Å². The van der Waals surface area contributed by atoms with E-state index in [0.717, 1.165) is 105 Å². The summed E-state index contributed by atoms with van der Waals surface area (Å²) in [6.45, 7) is 17.8. The number of hydrogen-bond acceptors (Lipinski definition) is 2. The van der Waals surface area contributed by atoms with Crippen molar-refractivity contribution < 1.29 is 0 Å². The lowest BCUT2D eigenvalue weighted by atomic mass is 9.93. The molecule has 0 spiro atoms. The number of aryl methyl sites for hydroxylation is 1. The van der Waals surface area contributed by atoms with E-state index in [1.165, 1.54) is 0 Å². The third-order valence-electron chi connectivity index (χ3n) is 12.5. The molecule has 9 aromatic carbocycles. The minimum Gasteiger partial charge on any atom is -0.309 e. The minimum atomic E-state index is 0.520. The van der Waals surface area contributed by atoms with Crippen LogP contribution >= 0.6 is 0 Å². The molecule has 0 bridgehead atoms. The second-order valence-corrected chi connectivity index (χ2v) is 16.2. The van der Waals surface area contributed by atoms with Crippen molar-refractivity contribution in [3.63, 3.8) is 0 Å². The molecule has 0 unspecified atom stereocenters. The Bertz CT molecular complexity index is 3970. The number of nitriles is 2. The number of fused-ring (bicyclic) bond motifs is 6. The molecule has 0 aliphatic carbocycles. The number of hydrogen-bond donors (Lipinski definition) is 0. The molecule has 2 heterocycles. The fourth-order valence-corrected chi connectivity index (χ4v) is 9.46. The molecule has 0 saturated heterocycles. The van der Waals surface area contributed by atoms with Crippen LogP contribution in [0.1, 0.15) is 16.7 Å². The van der Waals surface area contributed by atoms with Gasteiger partial charge in [-0.1, -0.05) is 109 Å². The Morgan fingerprint density at radius 1 is 0.400 bits per heavy atom. The van der Waals surface area contributed by atoms with Gasteiger partial charge in [-0.2, -0.15) is 10.5 Å². The first-order valence-electron chi connectivity index (χ1n) is 21.2. The highest BCUT2D eigenvalue weighted by Crippen LogP contribution is 2.45. The molecule has 0 N–H and O–H groups in total. The monoisotopic (exact) mass is 826 g/mol. The molecule has 0 aliphatic rings. The fraction of sp³-hybridized carbons (Fsp3) is 0.0169. The van der Waals surface area contributed by atoms with Crippen molar-refractivity contribution in [2.24, 2.45) is 0 Å². The third kappa shape index (κ3) is 6.39. The standard InChI is InChI=1S/C59H34N6/c1-37-18-23-46(53(28-37)63-3)44-22-27-59(65-55-17-7-5-15-48(55)51-33-43(21-26-58(51)65)41-12-9-13-45(31-41)62-2)52(34-44)49-30-39(36-61)19-24-56(49)64-54-16-6-4-14-47(54)50-32-42(20-25-57(50)64)40-11-8-10-38(29-40)35-60/h4-34H,1H3. The second kappa shape index (κ2) is 15.5. The van der Waals surface area contributed by atoms with Gasteiger partial charge in [-0.05, 0) is 125 Å². The van der Waals surface area contributed by atoms with E-state index in [2.05, 4.69) is 134 Å². The molecule has 0 atom stereocenters. The number of rotatable bonds is 6. The van der Waals surface area contributed by atoms with Crippen LogP contribution in [0, 0.1) is 42.7 Å². The topological polar surface area (TPSA) is 66.2 Å². The van der Waals surface area contributed by atoms with E-state index >= 15 is 0 Å². The third-order valence-corrected chi connectivity index (χ3v) is 12.5. The van der Waals surface area contributed by atoms with Crippen molar-refractivity contribution in [1.82, 2.24) is 9.13 Å². The molecule has 0 saturated carbocycles. The fourth-order valence-electron chi connectivity index (χ4n) is 9.46. The van der Waals surface area contributed by atoms with Gasteiger partial charge in [-0.25, -0.2) is 9.69 Å². The molecular weight excluding hydrogens is 793 g/mol. The van der Waals surface area contributed by atoms with Crippen LogP contribution in [-0.2, 0) is 0 Å². The molecule has 6 nitrogen and oxygen atoms in total. The molecule has 300 valence electrons. The Morgan fingerprint density at radius 3 is 1.57 bits per heavy atom. The summed E-state index contributed by atoms with van der Waals surface area (Å²) in [5.74, 6) is 0. The highest BCUT2D eigenvalue weighted by molar-refractivity contribution is 6.13. The van der Waals surface area contributed by atoms with Crippen molar-refractivity contribution in [3.8, 4) is 68.0 Å². The van der Waals surface area contributed by atoms with E-state index < -0.39 is 0 Å². The van der Waals surface area contributed by atoms with Crippen LogP contribution in [0.5, 0.6) is 0 Å². The van der Waals surface area contributed by atoms with Gasteiger partial charge in [-0.3, -0.25) is 0 Å². The van der Waals surface area contributed by atoms with E-state index in [-0.39, 0.29) is 0 Å². The van der Waals surface area contributed by atoms with Gasteiger partial charge in [0.25, 0.3) is 0 Å². The van der Waals surface area contributed by atoms with Crippen LogP contribution in [0.4, 0.5) is 11.4 Å². The first kappa shape index (κ1) is 38.5. The second-order valence-electron chi connectivity index (χ2n) is 16.2. The van der Waals surface area contributed by atoms with Gasteiger partial charge in [0, 0.05) is 32.7 Å². The molecule has 11 aromatic rings. The molecule has 6 heteroatoms. The van der Waals surface area contributed by atoms with Crippen molar-refractivity contribution in [1.29, 1.82) is 10.5 Å². The normalized spacial score (nSPS) is 11.1. The van der Waals surface area contributed by atoms with E-state index in [4.69, 9.17) is 13.1 Å². The first-order chi connectivity index (χ1) is 31.9. The molecule has 11 rings (SSSR count). The summed E-state index contributed by atoms with van der Waals surface area (Å²) in [4.78, 5) is 7.65. The Kier molecular flexibility index (Phi) is 9.15. The minimum absolute atomic E-state index is 0.520. The van der Waals surface area contributed by atoms with Crippen molar-refractivity contribution in [3.05, 3.63) is 228 Å². The van der Waals surface area contributed by atoms with Crippen molar-refractivity contribution in [2.75, 3.05) is 0 Å². The SMILES string of the molecule is [C-]#[N+]c1cccc(-c2ccc3c(c2)c2ccccc2n3-c2ccc(-c3ccc(C)cc3[N+]#[C-])cc2-c2cc(C#N)ccc2-n2c3ccccc3c3cc(-c4cccc(C#N)c4)ccc32)c1. The number of benzene rings is 9. The Hall–Kier alpha value is -9.46. The largest absolute Gasteiger partial charge is 0.309 e. The van der Waals surface area contributed by atoms with Gasteiger partial charge >= 0.3 is 0 Å². The zero-order chi connectivity index (χ0) is 44.2. The smallest absolute Gasteiger partial charge is 0.195 e. The van der Waals surface area contributed by atoms with Crippen LogP contribution < -0.4 is 0 Å². The van der Waals surface area contributed by atoms with E-state index in [1.807, 2.05) is 91.9 Å². The highest BCUT2D eigenvalue weighted by atomic mass is 15.0. The zero-order valence-corrected chi connectivity index (χ0v) is 35.1. The zero-order valence-electron chi connectivity index (χ0n) is 35.1. The molecular formula is C59H34N6. The van der Waals surface area contributed by atoms with Gasteiger partial charge in [0.2, 0.25) is 0 Å². The van der Waals surface area contributed by atoms with Gasteiger partial charge < -0.3 is 9.13 Å². The lowest BCUT2D eigenvalue weighted by Crippen LogP contribution is -2.02. The lowest BCUT2D eigenvalue weighted by Gasteiger charge is -2.20. The maximum atomic E-state index is 10.5. The van der Waals surface area contributed by atoms with Crippen LogP contribution in [0.25, 0.3) is 109 Å². The van der Waals surface area contributed by atoms with Gasteiger partial charge in [0.05, 0.1) is 69.9 Å². The van der Waals surface area contributed by atoms with E-state index in [9.17, 15) is 10.5 Å². The van der Waals surface area contributed by atoms with Crippen LogP contribution in [-0.4, -0.2) is 9.13 Å². The molecule has 0 radical (unpaired) electrons. The maximum absolute atomic E-state index is 10.5. The molecule has 2 aromatic heterocycles. The summed E-state index contributed by atoms with van der Waals surface area (Å²) in [7, 11) is 0. The molecule has 65 heavy (non-hydrogen) atoms. The van der Waals surface area contributed by atoms with E-state index in [0.29, 0.717) is 22.5 Å². The Balaban J connectivity index is 1.21. The van der Waals surface area contributed by atoms with Crippen molar-refractivity contribution >= 4 is 55.0 Å². The Morgan fingerprint density at radius 2 is 0.938 bits per heavy atom. The number of nitrogens with zero attached hydrogens (tertiary/aromatic N) is 6. The summed E-state index contributed by atoms with van der Waals surface area (Å²) in [5.41, 5.74) is 16.6. The first-order valence-corrected chi connectivity index (χ1v) is 21.2. The predicted molar refractivity (Wildman–Crippen MR) is 264 cm³/mol. The van der Waals surface area contributed by atoms with Crippen LogP contribution in [0.15, 0.2) is 188 Å². The summed E-state index contributed by atoms with van der Waals surface area (Å²) < 4.78 is 4.60. The van der Waals surface area contributed by atoms with Gasteiger partial charge in [-0.15, -0.1) is 0 Å². The quantitative estimate of drug-likeness (QED) is 0.157. The number of aromatic nitrogens is 2. The lowest BCUT2D eigenvalue weighted by molar-refractivity contribution is 1.16. The molecule has 0 amide bonds. The highest BCUT2D eigenvalue weighted by Gasteiger charge is 2.23. The molecule has 0 aliphatic heterocycles. The summed E-state index contributed by atoms with van der Waals surface area (Å²) >= 11 is 0. The predicted octanol–water partition coefficient (Wildman–Crippen LogP) is 15.7. The number of para-hydroxylation sites is 2. The summed E-state index contributed by atoms with van der Waals surface area (Å²) in [5, 5.41) is 24.5. The van der Waals surface area contributed by atoms with Crippen LogP contribution in [0.3, 0.4) is 0 Å². The average molecular weight is 827 g/mol. The van der Waals surface area contributed by atoms with Gasteiger partial charge in [0.15, 0.2) is 11.4 Å². The summed E-state index contributed by atoms with van der Waals surface area (Å²) in [6, 6.07) is 68.2. The average Bonchev–Trinajstić information content (AvgIpc) is 3.88. The van der Waals surface area contributed by atoms with Crippen molar-refractivity contribution in [2.45, 2.75) is 6.92 Å².